The number of ether oxygens (including phenoxy) is 1. The highest BCUT2D eigenvalue weighted by molar-refractivity contribution is 5.95. The van der Waals surface area contributed by atoms with Crippen molar-refractivity contribution in [1.82, 2.24) is 10.9 Å². The van der Waals surface area contributed by atoms with Gasteiger partial charge in [-0.25, -0.2) is 0 Å². The van der Waals surface area contributed by atoms with E-state index in [0.717, 1.165) is 11.3 Å². The SMILES string of the molecule is CC(C)COc1ccc(C(=O)NNC(=O)CCc2ccccc2)cc1. The molecule has 0 unspecified atom stereocenters. The fraction of sp³-hybridized carbons (Fsp3) is 0.300. The first-order chi connectivity index (χ1) is 12.0. The topological polar surface area (TPSA) is 67.4 Å². The Kier molecular flexibility index (Phi) is 7.01. The summed E-state index contributed by atoms with van der Waals surface area (Å²) in [4.78, 5) is 23.8. The Morgan fingerprint density at radius 2 is 1.64 bits per heavy atom. The zero-order chi connectivity index (χ0) is 18.1. The van der Waals surface area contributed by atoms with Crippen LogP contribution in [0, 0.1) is 5.92 Å². The summed E-state index contributed by atoms with van der Waals surface area (Å²) in [5, 5.41) is 0. The van der Waals surface area contributed by atoms with Gasteiger partial charge in [-0.15, -0.1) is 0 Å². The minimum absolute atomic E-state index is 0.228. The van der Waals surface area contributed by atoms with Crippen molar-refractivity contribution in [3.05, 3.63) is 65.7 Å². The molecule has 2 aromatic rings. The summed E-state index contributed by atoms with van der Waals surface area (Å²) in [7, 11) is 0. The summed E-state index contributed by atoms with van der Waals surface area (Å²) in [6.45, 7) is 4.77. The van der Waals surface area contributed by atoms with Crippen molar-refractivity contribution in [3.63, 3.8) is 0 Å². The Labute approximate surface area is 148 Å². The van der Waals surface area contributed by atoms with Crippen molar-refractivity contribution in [1.29, 1.82) is 0 Å². The van der Waals surface area contributed by atoms with Gasteiger partial charge in [-0.05, 0) is 42.2 Å². The summed E-state index contributed by atoms with van der Waals surface area (Å²) < 4.78 is 5.57. The molecule has 0 atom stereocenters. The van der Waals surface area contributed by atoms with E-state index >= 15 is 0 Å². The van der Waals surface area contributed by atoms with Gasteiger partial charge in [0.25, 0.3) is 5.91 Å². The molecule has 25 heavy (non-hydrogen) atoms. The molecule has 0 bridgehead atoms. The van der Waals surface area contributed by atoms with Crippen molar-refractivity contribution in [3.8, 4) is 5.75 Å². The summed E-state index contributed by atoms with van der Waals surface area (Å²) in [6, 6.07) is 16.6. The van der Waals surface area contributed by atoms with E-state index in [1.165, 1.54) is 0 Å². The van der Waals surface area contributed by atoms with Gasteiger partial charge in [-0.3, -0.25) is 20.4 Å². The molecule has 0 aliphatic rings. The normalized spacial score (nSPS) is 10.4. The third-order valence-electron chi connectivity index (χ3n) is 3.50. The van der Waals surface area contributed by atoms with E-state index in [1.807, 2.05) is 30.3 Å². The molecule has 0 fully saturated rings. The number of rotatable bonds is 7. The van der Waals surface area contributed by atoms with Crippen LogP contribution < -0.4 is 15.6 Å². The Morgan fingerprint density at radius 3 is 2.28 bits per heavy atom. The Bertz CT molecular complexity index is 682. The Balaban J connectivity index is 1.74. The minimum Gasteiger partial charge on any atom is -0.493 e. The molecule has 0 aliphatic carbocycles. The van der Waals surface area contributed by atoms with Gasteiger partial charge in [0, 0.05) is 12.0 Å². The maximum absolute atomic E-state index is 12.0. The highest BCUT2D eigenvalue weighted by Crippen LogP contribution is 2.13. The molecule has 0 saturated carbocycles. The van der Waals surface area contributed by atoms with E-state index in [2.05, 4.69) is 24.7 Å². The molecular weight excluding hydrogens is 316 g/mol. The first kappa shape index (κ1) is 18.5. The van der Waals surface area contributed by atoms with E-state index in [4.69, 9.17) is 4.74 Å². The Morgan fingerprint density at radius 1 is 0.960 bits per heavy atom. The van der Waals surface area contributed by atoms with Crippen LogP contribution in [0.1, 0.15) is 36.2 Å². The molecule has 0 heterocycles. The predicted molar refractivity (Wildman–Crippen MR) is 97.1 cm³/mol. The predicted octanol–water partition coefficient (Wildman–Crippen LogP) is 3.12. The minimum atomic E-state index is -0.358. The first-order valence-electron chi connectivity index (χ1n) is 8.40. The third-order valence-corrected chi connectivity index (χ3v) is 3.50. The van der Waals surface area contributed by atoms with Crippen LogP contribution in [0.5, 0.6) is 5.75 Å². The lowest BCUT2D eigenvalue weighted by Gasteiger charge is -2.10. The molecule has 0 radical (unpaired) electrons. The molecule has 5 heteroatoms. The smallest absolute Gasteiger partial charge is 0.269 e. The van der Waals surface area contributed by atoms with Gasteiger partial charge >= 0.3 is 0 Å². The first-order valence-corrected chi connectivity index (χ1v) is 8.40. The molecule has 0 aromatic heterocycles. The van der Waals surface area contributed by atoms with Gasteiger partial charge in [0.2, 0.25) is 5.91 Å². The van der Waals surface area contributed by atoms with Crippen LogP contribution in [0.2, 0.25) is 0 Å². The molecule has 2 N–H and O–H groups in total. The summed E-state index contributed by atoms with van der Waals surface area (Å²) in [6.07, 6.45) is 0.941. The van der Waals surface area contributed by atoms with Gasteiger partial charge in [0.1, 0.15) is 5.75 Å². The maximum Gasteiger partial charge on any atom is 0.269 e. The number of carbonyl (C=O) groups is 2. The third kappa shape index (κ3) is 6.67. The van der Waals surface area contributed by atoms with Crippen LogP contribution >= 0.6 is 0 Å². The van der Waals surface area contributed by atoms with E-state index in [-0.39, 0.29) is 11.8 Å². The zero-order valence-corrected chi connectivity index (χ0v) is 14.6. The zero-order valence-electron chi connectivity index (χ0n) is 14.6. The summed E-state index contributed by atoms with van der Waals surface area (Å²) >= 11 is 0. The highest BCUT2D eigenvalue weighted by Gasteiger charge is 2.08. The number of hydrogen-bond acceptors (Lipinski definition) is 3. The van der Waals surface area contributed by atoms with Crippen molar-refractivity contribution in [2.75, 3.05) is 6.61 Å². The van der Waals surface area contributed by atoms with Crippen LogP contribution in [-0.2, 0) is 11.2 Å². The van der Waals surface area contributed by atoms with Gasteiger partial charge in [-0.2, -0.15) is 0 Å². The number of amides is 2. The lowest BCUT2D eigenvalue weighted by atomic mass is 10.1. The highest BCUT2D eigenvalue weighted by atomic mass is 16.5. The molecule has 2 amide bonds. The monoisotopic (exact) mass is 340 g/mol. The van der Waals surface area contributed by atoms with Gasteiger partial charge in [0.15, 0.2) is 0 Å². The Hall–Kier alpha value is -2.82. The number of hydrogen-bond donors (Lipinski definition) is 2. The summed E-state index contributed by atoms with van der Waals surface area (Å²) in [5.41, 5.74) is 6.40. The number of carbonyl (C=O) groups excluding carboxylic acids is 2. The molecule has 0 spiro atoms. The van der Waals surface area contributed by atoms with E-state index in [9.17, 15) is 9.59 Å². The largest absolute Gasteiger partial charge is 0.493 e. The standard InChI is InChI=1S/C20H24N2O3/c1-15(2)14-25-18-11-9-17(10-12-18)20(24)22-21-19(23)13-8-16-6-4-3-5-7-16/h3-7,9-12,15H,8,13-14H2,1-2H3,(H,21,23)(H,22,24). The second-order valence-corrected chi connectivity index (χ2v) is 6.22. The lowest BCUT2D eigenvalue weighted by molar-refractivity contribution is -0.121. The molecule has 132 valence electrons. The van der Waals surface area contributed by atoms with Crippen LogP contribution in [0.4, 0.5) is 0 Å². The van der Waals surface area contributed by atoms with Gasteiger partial charge in [0.05, 0.1) is 6.61 Å². The molecule has 2 rings (SSSR count). The average molecular weight is 340 g/mol. The molecule has 0 aliphatic heterocycles. The second-order valence-electron chi connectivity index (χ2n) is 6.22. The second kappa shape index (κ2) is 9.47. The molecular formula is C20H24N2O3. The molecule has 0 saturated heterocycles. The fourth-order valence-corrected chi connectivity index (χ4v) is 2.13. The van der Waals surface area contributed by atoms with Crippen molar-refractivity contribution >= 4 is 11.8 Å². The number of aryl methyl sites for hydroxylation is 1. The van der Waals surface area contributed by atoms with Crippen molar-refractivity contribution < 1.29 is 14.3 Å². The van der Waals surface area contributed by atoms with E-state index in [0.29, 0.717) is 30.9 Å². The van der Waals surface area contributed by atoms with Crippen LogP contribution in [-0.4, -0.2) is 18.4 Å². The van der Waals surface area contributed by atoms with Crippen LogP contribution in [0.25, 0.3) is 0 Å². The van der Waals surface area contributed by atoms with E-state index < -0.39 is 0 Å². The maximum atomic E-state index is 12.0. The van der Waals surface area contributed by atoms with Gasteiger partial charge in [-0.1, -0.05) is 44.2 Å². The van der Waals surface area contributed by atoms with Crippen molar-refractivity contribution in [2.24, 2.45) is 5.92 Å². The average Bonchev–Trinajstić information content (AvgIpc) is 2.64. The van der Waals surface area contributed by atoms with Crippen molar-refractivity contribution in [2.45, 2.75) is 26.7 Å². The molecule has 2 aromatic carbocycles. The van der Waals surface area contributed by atoms with E-state index in [1.54, 1.807) is 24.3 Å². The lowest BCUT2D eigenvalue weighted by Crippen LogP contribution is -2.41. The van der Waals surface area contributed by atoms with Crippen LogP contribution in [0.15, 0.2) is 54.6 Å². The van der Waals surface area contributed by atoms with Gasteiger partial charge < -0.3 is 4.74 Å². The quantitative estimate of drug-likeness (QED) is 0.761. The van der Waals surface area contributed by atoms with Crippen LogP contribution in [0.3, 0.4) is 0 Å². The fourth-order valence-electron chi connectivity index (χ4n) is 2.13. The summed E-state index contributed by atoms with van der Waals surface area (Å²) in [5.74, 6) is 0.573. The number of hydrazine groups is 1. The number of nitrogens with one attached hydrogen (secondary N) is 2. The molecule has 5 nitrogen and oxygen atoms in total. The number of benzene rings is 2.